The SMILES string of the molecule is CN(C)C(=O)C(Br)c1nc2cc(Br)sc2c(=O)n1Cc1ccccc1. The number of hydrogen-bond donors (Lipinski definition) is 0. The van der Waals surface area contributed by atoms with Crippen LogP contribution >= 0.6 is 43.2 Å². The van der Waals surface area contributed by atoms with Crippen LogP contribution in [0.1, 0.15) is 16.2 Å². The van der Waals surface area contributed by atoms with E-state index in [0.29, 0.717) is 22.6 Å². The fraction of sp³-hybridized carbons (Fsp3) is 0.235. The van der Waals surface area contributed by atoms with Gasteiger partial charge in [-0.2, -0.15) is 0 Å². The van der Waals surface area contributed by atoms with Crippen molar-refractivity contribution in [2.24, 2.45) is 0 Å². The first kappa shape index (κ1) is 18.3. The second kappa shape index (κ2) is 7.39. The minimum atomic E-state index is -0.693. The van der Waals surface area contributed by atoms with Gasteiger partial charge in [-0.3, -0.25) is 14.2 Å². The van der Waals surface area contributed by atoms with Gasteiger partial charge < -0.3 is 4.90 Å². The minimum Gasteiger partial charge on any atom is -0.347 e. The van der Waals surface area contributed by atoms with E-state index >= 15 is 0 Å². The van der Waals surface area contributed by atoms with Gasteiger partial charge in [-0.15, -0.1) is 11.3 Å². The molecule has 2 aromatic heterocycles. The Balaban J connectivity index is 2.20. The highest BCUT2D eigenvalue weighted by Gasteiger charge is 2.26. The number of likely N-dealkylation sites (N-methyl/N-ethyl adjacent to an activating group) is 1. The summed E-state index contributed by atoms with van der Waals surface area (Å²) in [5.74, 6) is 0.243. The Kier molecular flexibility index (Phi) is 5.41. The number of alkyl halides is 1. The molecule has 25 heavy (non-hydrogen) atoms. The number of hydrogen-bond acceptors (Lipinski definition) is 4. The third-order valence-corrected chi connectivity index (χ3v) is 6.12. The Morgan fingerprint density at radius 2 is 2.00 bits per heavy atom. The first-order valence-corrected chi connectivity index (χ1v) is 10.00. The summed E-state index contributed by atoms with van der Waals surface area (Å²) in [5.41, 5.74) is 1.42. The molecule has 5 nitrogen and oxygen atoms in total. The van der Waals surface area contributed by atoms with E-state index in [1.165, 1.54) is 16.2 Å². The number of amides is 1. The molecular formula is C17H15Br2N3O2S. The monoisotopic (exact) mass is 483 g/mol. The van der Waals surface area contributed by atoms with Crippen LogP contribution in [-0.4, -0.2) is 34.5 Å². The van der Waals surface area contributed by atoms with Crippen LogP contribution in [-0.2, 0) is 11.3 Å². The Morgan fingerprint density at radius 3 is 2.64 bits per heavy atom. The van der Waals surface area contributed by atoms with Gasteiger partial charge in [0.15, 0.2) is 4.83 Å². The zero-order chi connectivity index (χ0) is 18.1. The first-order chi connectivity index (χ1) is 11.9. The second-order valence-electron chi connectivity index (χ2n) is 5.71. The molecule has 0 bridgehead atoms. The molecule has 2 heterocycles. The lowest BCUT2D eigenvalue weighted by Gasteiger charge is -2.19. The van der Waals surface area contributed by atoms with Crippen LogP contribution in [0.3, 0.4) is 0 Å². The van der Waals surface area contributed by atoms with Gasteiger partial charge in [0.1, 0.15) is 10.5 Å². The molecule has 0 fully saturated rings. The molecule has 1 unspecified atom stereocenters. The molecule has 0 saturated heterocycles. The van der Waals surface area contributed by atoms with E-state index in [1.54, 1.807) is 24.7 Å². The average Bonchev–Trinajstić information content (AvgIpc) is 2.97. The van der Waals surface area contributed by atoms with Crippen molar-refractivity contribution in [3.63, 3.8) is 0 Å². The number of nitrogens with zero attached hydrogens (tertiary/aromatic N) is 3. The van der Waals surface area contributed by atoms with E-state index in [9.17, 15) is 9.59 Å². The molecule has 0 aliphatic heterocycles. The van der Waals surface area contributed by atoms with Gasteiger partial charge in [0.2, 0.25) is 5.91 Å². The molecule has 0 spiro atoms. The van der Waals surface area contributed by atoms with Crippen molar-refractivity contribution < 1.29 is 4.79 Å². The van der Waals surface area contributed by atoms with Crippen molar-refractivity contribution in [3.05, 3.63) is 61.9 Å². The van der Waals surface area contributed by atoms with E-state index < -0.39 is 4.83 Å². The number of carbonyl (C=O) groups is 1. The summed E-state index contributed by atoms with van der Waals surface area (Å²) in [6.07, 6.45) is 0. The molecule has 1 atom stereocenters. The van der Waals surface area contributed by atoms with Crippen molar-refractivity contribution in [2.75, 3.05) is 14.1 Å². The standard InChI is InChI=1S/C17H15Br2N3O2S/c1-21(2)16(23)13(19)15-20-11-8-12(18)25-14(11)17(24)22(15)9-10-6-4-3-5-7-10/h3-8,13H,9H2,1-2H3. The van der Waals surface area contributed by atoms with Crippen molar-refractivity contribution in [3.8, 4) is 0 Å². The Bertz CT molecular complexity index is 983. The van der Waals surface area contributed by atoms with Crippen molar-refractivity contribution in [1.82, 2.24) is 14.5 Å². The highest BCUT2D eigenvalue weighted by Crippen LogP contribution is 2.29. The van der Waals surface area contributed by atoms with Crippen LogP contribution in [0.15, 0.2) is 45.0 Å². The van der Waals surface area contributed by atoms with E-state index in [-0.39, 0.29) is 11.5 Å². The van der Waals surface area contributed by atoms with E-state index in [2.05, 4.69) is 36.8 Å². The van der Waals surface area contributed by atoms with E-state index in [0.717, 1.165) is 9.35 Å². The normalized spacial score (nSPS) is 12.3. The summed E-state index contributed by atoms with van der Waals surface area (Å²) in [7, 11) is 3.35. The molecule has 0 radical (unpaired) electrons. The quantitative estimate of drug-likeness (QED) is 0.529. The summed E-state index contributed by atoms with van der Waals surface area (Å²) in [6, 6.07) is 11.5. The third-order valence-electron chi connectivity index (χ3n) is 3.70. The number of thiophene rings is 1. The zero-order valence-corrected chi connectivity index (χ0v) is 17.6. The average molecular weight is 485 g/mol. The molecular weight excluding hydrogens is 470 g/mol. The predicted octanol–water partition coefficient (Wildman–Crippen LogP) is 3.79. The van der Waals surface area contributed by atoms with Crippen LogP contribution in [0.4, 0.5) is 0 Å². The lowest BCUT2D eigenvalue weighted by Crippen LogP contribution is -2.32. The summed E-state index contributed by atoms with van der Waals surface area (Å²) < 4.78 is 2.98. The van der Waals surface area contributed by atoms with Crippen LogP contribution in [0, 0.1) is 0 Å². The number of rotatable bonds is 4. The Labute approximate surface area is 165 Å². The van der Waals surface area contributed by atoms with Gasteiger partial charge in [-0.05, 0) is 27.6 Å². The van der Waals surface area contributed by atoms with Crippen molar-refractivity contribution >= 4 is 59.3 Å². The Morgan fingerprint density at radius 1 is 1.32 bits per heavy atom. The molecule has 3 aromatic rings. The van der Waals surface area contributed by atoms with Crippen LogP contribution in [0.5, 0.6) is 0 Å². The zero-order valence-electron chi connectivity index (χ0n) is 13.6. The van der Waals surface area contributed by atoms with Gasteiger partial charge in [0.05, 0.1) is 15.8 Å². The molecule has 0 aliphatic rings. The fourth-order valence-corrected chi connectivity index (χ4v) is 4.68. The number of benzene rings is 1. The molecule has 1 aromatic carbocycles. The third kappa shape index (κ3) is 3.70. The largest absolute Gasteiger partial charge is 0.347 e. The van der Waals surface area contributed by atoms with Gasteiger partial charge >= 0.3 is 0 Å². The number of aromatic nitrogens is 2. The summed E-state index contributed by atoms with van der Waals surface area (Å²) >= 11 is 8.18. The van der Waals surface area contributed by atoms with Gasteiger partial charge in [-0.25, -0.2) is 4.98 Å². The molecule has 0 N–H and O–H groups in total. The van der Waals surface area contributed by atoms with Gasteiger partial charge in [0.25, 0.3) is 5.56 Å². The fourth-order valence-electron chi connectivity index (χ4n) is 2.45. The van der Waals surface area contributed by atoms with Crippen LogP contribution in [0.2, 0.25) is 0 Å². The van der Waals surface area contributed by atoms with E-state index in [4.69, 9.17) is 0 Å². The molecule has 8 heteroatoms. The minimum absolute atomic E-state index is 0.143. The van der Waals surface area contributed by atoms with Crippen LogP contribution in [0.25, 0.3) is 10.2 Å². The van der Waals surface area contributed by atoms with Gasteiger partial charge in [0, 0.05) is 14.1 Å². The lowest BCUT2D eigenvalue weighted by molar-refractivity contribution is -0.128. The summed E-state index contributed by atoms with van der Waals surface area (Å²) in [4.78, 5) is 30.8. The Hall–Kier alpha value is -1.51. The first-order valence-electron chi connectivity index (χ1n) is 7.47. The number of carbonyl (C=O) groups excluding carboxylic acids is 1. The molecule has 0 saturated carbocycles. The topological polar surface area (TPSA) is 55.2 Å². The van der Waals surface area contributed by atoms with Crippen molar-refractivity contribution in [2.45, 2.75) is 11.4 Å². The maximum atomic E-state index is 13.0. The van der Waals surface area contributed by atoms with Crippen molar-refractivity contribution in [1.29, 1.82) is 0 Å². The molecule has 0 aliphatic carbocycles. The number of fused-ring (bicyclic) bond motifs is 1. The summed E-state index contributed by atoms with van der Waals surface area (Å²) in [5, 5.41) is 0. The van der Waals surface area contributed by atoms with Gasteiger partial charge in [-0.1, -0.05) is 46.3 Å². The molecule has 130 valence electrons. The second-order valence-corrected chi connectivity index (χ2v) is 9.05. The summed E-state index contributed by atoms with van der Waals surface area (Å²) in [6.45, 7) is 0.357. The number of halogens is 2. The van der Waals surface area contributed by atoms with E-state index in [1.807, 2.05) is 30.3 Å². The highest BCUT2D eigenvalue weighted by atomic mass is 79.9. The smallest absolute Gasteiger partial charge is 0.271 e. The molecule has 1 amide bonds. The predicted molar refractivity (Wildman–Crippen MR) is 107 cm³/mol. The maximum Gasteiger partial charge on any atom is 0.271 e. The molecule has 3 rings (SSSR count). The highest BCUT2D eigenvalue weighted by molar-refractivity contribution is 9.11. The van der Waals surface area contributed by atoms with Crippen LogP contribution < -0.4 is 5.56 Å². The lowest BCUT2D eigenvalue weighted by atomic mass is 10.2. The maximum absolute atomic E-state index is 13.0.